The van der Waals surface area contributed by atoms with Gasteiger partial charge < -0.3 is 9.64 Å². The van der Waals surface area contributed by atoms with E-state index in [1.54, 1.807) is 24.3 Å². The van der Waals surface area contributed by atoms with Gasteiger partial charge in [0.25, 0.3) is 0 Å². The van der Waals surface area contributed by atoms with Crippen molar-refractivity contribution in [1.29, 1.82) is 0 Å². The molecule has 1 aliphatic rings. The number of hydrogen-bond acceptors (Lipinski definition) is 3. The van der Waals surface area contributed by atoms with Crippen molar-refractivity contribution in [1.82, 2.24) is 4.90 Å². The first-order chi connectivity index (χ1) is 9.56. The molecule has 0 radical (unpaired) electrons. The smallest absolute Gasteiger partial charge is 0.338 e. The second-order valence-electron chi connectivity index (χ2n) is 5.76. The molecule has 0 amide bonds. The third-order valence-corrected chi connectivity index (χ3v) is 4.03. The first-order valence-corrected chi connectivity index (χ1v) is 7.55. The zero-order valence-corrected chi connectivity index (χ0v) is 12.9. The summed E-state index contributed by atoms with van der Waals surface area (Å²) in [5.74, 6) is 0.201. The third kappa shape index (κ3) is 4.22. The molecule has 0 heterocycles. The van der Waals surface area contributed by atoms with Gasteiger partial charge in [-0.2, -0.15) is 0 Å². The summed E-state index contributed by atoms with van der Waals surface area (Å²) < 4.78 is 5.72. The molecule has 2 rings (SSSR count). The summed E-state index contributed by atoms with van der Waals surface area (Å²) in [5, 5.41) is 0.629. The summed E-state index contributed by atoms with van der Waals surface area (Å²) in [5.41, 5.74) is 0.573. The van der Waals surface area contributed by atoms with Crippen LogP contribution in [0.3, 0.4) is 0 Å². The zero-order valence-electron chi connectivity index (χ0n) is 12.1. The predicted molar refractivity (Wildman–Crippen MR) is 81.2 cm³/mol. The fourth-order valence-corrected chi connectivity index (χ4v) is 2.92. The number of benzene rings is 1. The molecular weight excluding hydrogens is 274 g/mol. The maximum atomic E-state index is 12.2. The number of hydrogen-bond donors (Lipinski definition) is 0. The Labute approximate surface area is 125 Å². The summed E-state index contributed by atoms with van der Waals surface area (Å²) in [6.07, 6.45) is 4.51. The minimum Gasteiger partial charge on any atom is -0.458 e. The van der Waals surface area contributed by atoms with E-state index in [1.807, 2.05) is 0 Å². The Morgan fingerprint density at radius 3 is 2.55 bits per heavy atom. The number of halogens is 1. The van der Waals surface area contributed by atoms with Crippen molar-refractivity contribution in [3.05, 3.63) is 34.9 Å². The highest BCUT2D eigenvalue weighted by atomic mass is 35.5. The summed E-state index contributed by atoms with van der Waals surface area (Å²) in [4.78, 5) is 14.3. The molecule has 20 heavy (non-hydrogen) atoms. The lowest BCUT2D eigenvalue weighted by Crippen LogP contribution is -2.36. The van der Waals surface area contributed by atoms with Crippen molar-refractivity contribution in [3.8, 4) is 0 Å². The second kappa shape index (κ2) is 7.09. The molecule has 1 aliphatic carbocycles. The van der Waals surface area contributed by atoms with Crippen LogP contribution >= 0.6 is 11.6 Å². The van der Waals surface area contributed by atoms with Crippen molar-refractivity contribution in [2.45, 2.75) is 31.8 Å². The number of nitrogens with zero attached hydrogens (tertiary/aromatic N) is 1. The van der Waals surface area contributed by atoms with Gasteiger partial charge in [-0.1, -0.05) is 18.0 Å². The van der Waals surface area contributed by atoms with Crippen LogP contribution in [-0.2, 0) is 4.74 Å². The van der Waals surface area contributed by atoms with E-state index in [0.717, 1.165) is 25.8 Å². The van der Waals surface area contributed by atoms with Crippen LogP contribution in [0.5, 0.6) is 0 Å². The zero-order chi connectivity index (χ0) is 14.5. The number of carbonyl (C=O) groups excluding carboxylic acids is 1. The van der Waals surface area contributed by atoms with Gasteiger partial charge in [0.2, 0.25) is 0 Å². The van der Waals surface area contributed by atoms with E-state index in [4.69, 9.17) is 16.3 Å². The quantitative estimate of drug-likeness (QED) is 0.795. The van der Waals surface area contributed by atoms with E-state index in [9.17, 15) is 4.79 Å². The molecule has 1 aromatic rings. The van der Waals surface area contributed by atoms with E-state index < -0.39 is 0 Å². The summed E-state index contributed by atoms with van der Waals surface area (Å²) in [7, 11) is 4.12. The number of carbonyl (C=O) groups is 1. The lowest BCUT2D eigenvalue weighted by Gasteiger charge is -2.32. The SMILES string of the molecule is CN(C)C[C@@H]1CCCC[C@@H]1OC(=O)c1ccc(Cl)cc1. The van der Waals surface area contributed by atoms with Crippen LogP contribution in [-0.4, -0.2) is 37.6 Å². The molecule has 0 spiro atoms. The molecular formula is C16H22ClNO2. The molecule has 0 aliphatic heterocycles. The number of ether oxygens (including phenoxy) is 1. The fourth-order valence-electron chi connectivity index (χ4n) is 2.80. The number of esters is 1. The van der Waals surface area contributed by atoms with Crippen molar-refractivity contribution in [3.63, 3.8) is 0 Å². The molecule has 1 aromatic carbocycles. The molecule has 2 atom stereocenters. The van der Waals surface area contributed by atoms with Gasteiger partial charge in [-0.15, -0.1) is 0 Å². The van der Waals surface area contributed by atoms with Gasteiger partial charge in [-0.3, -0.25) is 0 Å². The molecule has 4 heteroatoms. The fraction of sp³-hybridized carbons (Fsp3) is 0.562. The van der Waals surface area contributed by atoms with Crippen LogP contribution in [0.2, 0.25) is 5.02 Å². The Hall–Kier alpha value is -1.06. The Kier molecular flexibility index (Phi) is 5.44. The van der Waals surface area contributed by atoms with Gasteiger partial charge in [-0.25, -0.2) is 4.79 Å². The van der Waals surface area contributed by atoms with E-state index >= 15 is 0 Å². The average molecular weight is 296 g/mol. The molecule has 0 aromatic heterocycles. The predicted octanol–water partition coefficient (Wildman–Crippen LogP) is 3.62. The molecule has 110 valence electrons. The van der Waals surface area contributed by atoms with Crippen molar-refractivity contribution in [2.24, 2.45) is 5.92 Å². The molecule has 0 N–H and O–H groups in total. The first-order valence-electron chi connectivity index (χ1n) is 7.17. The topological polar surface area (TPSA) is 29.5 Å². The molecule has 0 unspecified atom stereocenters. The molecule has 0 saturated heterocycles. The van der Waals surface area contributed by atoms with Gasteiger partial charge in [0, 0.05) is 17.5 Å². The molecule has 1 saturated carbocycles. The summed E-state index contributed by atoms with van der Waals surface area (Å²) >= 11 is 5.83. The van der Waals surface area contributed by atoms with Gasteiger partial charge in [0.15, 0.2) is 0 Å². The largest absolute Gasteiger partial charge is 0.458 e. The van der Waals surface area contributed by atoms with Crippen LogP contribution in [0.4, 0.5) is 0 Å². The highest BCUT2D eigenvalue weighted by Crippen LogP contribution is 2.28. The van der Waals surface area contributed by atoms with Crippen LogP contribution in [0.15, 0.2) is 24.3 Å². The Bertz CT molecular complexity index is 444. The normalized spacial score (nSPS) is 22.8. The van der Waals surface area contributed by atoms with Gasteiger partial charge >= 0.3 is 5.97 Å². The number of rotatable bonds is 4. The second-order valence-corrected chi connectivity index (χ2v) is 6.19. The van der Waals surface area contributed by atoms with Crippen LogP contribution in [0.25, 0.3) is 0 Å². The van der Waals surface area contributed by atoms with Gasteiger partial charge in [0.05, 0.1) is 5.56 Å². The van der Waals surface area contributed by atoms with Gasteiger partial charge in [-0.05, 0) is 57.6 Å². The maximum Gasteiger partial charge on any atom is 0.338 e. The molecule has 1 fully saturated rings. The summed E-state index contributed by atoms with van der Waals surface area (Å²) in [6, 6.07) is 6.87. The minimum absolute atomic E-state index is 0.0364. The van der Waals surface area contributed by atoms with Gasteiger partial charge in [0.1, 0.15) is 6.10 Å². The molecule has 0 bridgehead atoms. The summed E-state index contributed by atoms with van der Waals surface area (Å²) in [6.45, 7) is 0.971. The van der Waals surface area contributed by atoms with E-state index in [2.05, 4.69) is 19.0 Å². The average Bonchev–Trinajstić information content (AvgIpc) is 2.41. The highest BCUT2D eigenvalue weighted by Gasteiger charge is 2.28. The van der Waals surface area contributed by atoms with Crippen LogP contribution in [0, 0.1) is 5.92 Å². The Morgan fingerprint density at radius 2 is 1.90 bits per heavy atom. The van der Waals surface area contributed by atoms with Crippen molar-refractivity contribution >= 4 is 17.6 Å². The highest BCUT2D eigenvalue weighted by molar-refractivity contribution is 6.30. The third-order valence-electron chi connectivity index (χ3n) is 3.78. The monoisotopic (exact) mass is 295 g/mol. The van der Waals surface area contributed by atoms with E-state index in [-0.39, 0.29) is 12.1 Å². The minimum atomic E-state index is -0.239. The first kappa shape index (κ1) is 15.3. The lowest BCUT2D eigenvalue weighted by molar-refractivity contribution is -0.00324. The van der Waals surface area contributed by atoms with Crippen molar-refractivity contribution in [2.75, 3.05) is 20.6 Å². The molecule has 3 nitrogen and oxygen atoms in total. The Balaban J connectivity index is 1.99. The van der Waals surface area contributed by atoms with Crippen LogP contribution in [0.1, 0.15) is 36.0 Å². The Morgan fingerprint density at radius 1 is 1.25 bits per heavy atom. The maximum absolute atomic E-state index is 12.2. The standard InChI is InChI=1S/C16H22ClNO2/c1-18(2)11-13-5-3-4-6-15(13)20-16(19)12-7-9-14(17)10-8-12/h7-10,13,15H,3-6,11H2,1-2H3/t13-,15-/m0/s1. The van der Waals surface area contributed by atoms with E-state index in [1.165, 1.54) is 6.42 Å². The van der Waals surface area contributed by atoms with E-state index in [0.29, 0.717) is 16.5 Å². The van der Waals surface area contributed by atoms with Crippen LogP contribution < -0.4 is 0 Å². The lowest BCUT2D eigenvalue weighted by atomic mass is 9.86. The van der Waals surface area contributed by atoms with Crippen molar-refractivity contribution < 1.29 is 9.53 Å².